The summed E-state index contributed by atoms with van der Waals surface area (Å²) in [5.41, 5.74) is 1.10. The van der Waals surface area contributed by atoms with Gasteiger partial charge in [0.2, 0.25) is 5.16 Å². The molecule has 0 bridgehead atoms. The minimum absolute atomic E-state index is 0.139. The zero-order chi connectivity index (χ0) is 17.1. The van der Waals surface area contributed by atoms with Gasteiger partial charge < -0.3 is 5.11 Å². The van der Waals surface area contributed by atoms with Crippen LogP contribution in [0.3, 0.4) is 0 Å². The molecule has 3 aromatic rings. The van der Waals surface area contributed by atoms with Crippen molar-refractivity contribution in [3.63, 3.8) is 0 Å². The van der Waals surface area contributed by atoms with E-state index in [0.717, 1.165) is 0 Å². The van der Waals surface area contributed by atoms with Gasteiger partial charge in [0, 0.05) is 5.56 Å². The maximum Gasteiger partial charge on any atom is 0.214 e. The second-order valence-electron chi connectivity index (χ2n) is 5.02. The number of phenols is 1. The number of hydrogen-bond acceptors (Lipinski definition) is 6. The number of carbonyl (C=O) groups is 1. The van der Waals surface area contributed by atoms with Crippen LogP contribution in [0.2, 0.25) is 0 Å². The Morgan fingerprint density at radius 2 is 1.83 bits per heavy atom. The van der Waals surface area contributed by atoms with E-state index in [1.807, 2.05) is 0 Å². The Labute approximate surface area is 141 Å². The van der Waals surface area contributed by atoms with E-state index >= 15 is 0 Å². The van der Waals surface area contributed by atoms with Gasteiger partial charge in [-0.05, 0) is 65.9 Å². The van der Waals surface area contributed by atoms with E-state index < -0.39 is 5.25 Å². The van der Waals surface area contributed by atoms with Gasteiger partial charge in [-0.1, -0.05) is 11.8 Å². The van der Waals surface area contributed by atoms with Crippen molar-refractivity contribution in [1.29, 1.82) is 0 Å². The molecule has 1 heterocycles. The Bertz CT molecular complexity index is 849. The molecule has 0 unspecified atom stereocenters. The molecular formula is C16H13FN4O2S. The molecule has 1 atom stereocenters. The van der Waals surface area contributed by atoms with E-state index in [9.17, 15) is 14.3 Å². The number of ketones is 1. The SMILES string of the molecule is C[C@H](Sc1nnnn1-c1ccc(O)cc1)C(=O)c1ccc(F)cc1. The lowest BCUT2D eigenvalue weighted by atomic mass is 10.1. The molecule has 0 aliphatic rings. The third kappa shape index (κ3) is 3.43. The molecule has 0 aliphatic carbocycles. The number of rotatable bonds is 5. The van der Waals surface area contributed by atoms with Crippen molar-refractivity contribution in [2.75, 3.05) is 0 Å². The highest BCUT2D eigenvalue weighted by Crippen LogP contribution is 2.25. The summed E-state index contributed by atoms with van der Waals surface area (Å²) in [4.78, 5) is 12.4. The van der Waals surface area contributed by atoms with Crippen molar-refractivity contribution >= 4 is 17.5 Å². The molecule has 8 heteroatoms. The highest BCUT2D eigenvalue weighted by molar-refractivity contribution is 8.00. The molecule has 0 spiro atoms. The van der Waals surface area contributed by atoms with E-state index in [4.69, 9.17) is 0 Å². The first kappa shape index (κ1) is 16.1. The third-order valence-electron chi connectivity index (χ3n) is 3.32. The van der Waals surface area contributed by atoms with Gasteiger partial charge in [0.15, 0.2) is 5.78 Å². The average Bonchev–Trinajstić information content (AvgIpc) is 3.03. The van der Waals surface area contributed by atoms with Gasteiger partial charge in [0.1, 0.15) is 11.6 Å². The van der Waals surface area contributed by atoms with E-state index in [1.54, 1.807) is 19.1 Å². The van der Waals surface area contributed by atoms with Crippen LogP contribution in [-0.4, -0.2) is 36.3 Å². The van der Waals surface area contributed by atoms with Gasteiger partial charge >= 0.3 is 0 Å². The summed E-state index contributed by atoms with van der Waals surface area (Å²) in [6, 6.07) is 11.8. The van der Waals surface area contributed by atoms with Crippen molar-refractivity contribution in [2.24, 2.45) is 0 Å². The molecule has 0 fully saturated rings. The predicted octanol–water partition coefficient (Wildman–Crippen LogP) is 2.87. The van der Waals surface area contributed by atoms with Gasteiger partial charge in [-0.2, -0.15) is 4.68 Å². The summed E-state index contributed by atoms with van der Waals surface area (Å²) < 4.78 is 14.4. The largest absolute Gasteiger partial charge is 0.508 e. The molecule has 6 nitrogen and oxygen atoms in total. The Kier molecular flexibility index (Phi) is 4.57. The molecule has 122 valence electrons. The van der Waals surface area contributed by atoms with E-state index in [0.29, 0.717) is 16.4 Å². The maximum absolute atomic E-state index is 13.0. The van der Waals surface area contributed by atoms with Crippen LogP contribution in [0.25, 0.3) is 5.69 Å². The molecule has 3 rings (SSSR count). The van der Waals surface area contributed by atoms with Gasteiger partial charge in [-0.25, -0.2) is 4.39 Å². The number of halogens is 1. The first-order valence-electron chi connectivity index (χ1n) is 7.09. The molecule has 0 saturated heterocycles. The normalized spacial score (nSPS) is 12.1. The summed E-state index contributed by atoms with van der Waals surface area (Å²) in [7, 11) is 0. The molecule has 0 saturated carbocycles. The van der Waals surface area contributed by atoms with Crippen molar-refractivity contribution < 1.29 is 14.3 Å². The number of benzene rings is 2. The molecule has 1 aromatic heterocycles. The second kappa shape index (κ2) is 6.79. The average molecular weight is 344 g/mol. The lowest BCUT2D eigenvalue weighted by Crippen LogP contribution is -2.14. The van der Waals surface area contributed by atoms with Crippen LogP contribution in [0.15, 0.2) is 53.7 Å². The topological polar surface area (TPSA) is 80.9 Å². The lowest BCUT2D eigenvalue weighted by molar-refractivity contribution is 0.0994. The first-order chi connectivity index (χ1) is 11.5. The number of Topliss-reactive ketones (excluding diaryl/α,β-unsaturated/α-hetero) is 1. The zero-order valence-electron chi connectivity index (χ0n) is 12.6. The summed E-state index contributed by atoms with van der Waals surface area (Å²) >= 11 is 1.20. The van der Waals surface area contributed by atoms with Gasteiger partial charge in [0.05, 0.1) is 10.9 Å². The number of hydrogen-bond donors (Lipinski definition) is 1. The summed E-state index contributed by atoms with van der Waals surface area (Å²) in [6.07, 6.45) is 0. The fraction of sp³-hybridized carbons (Fsp3) is 0.125. The number of aromatic nitrogens is 4. The van der Waals surface area contributed by atoms with Crippen LogP contribution in [0.5, 0.6) is 5.75 Å². The maximum atomic E-state index is 13.0. The minimum atomic E-state index is -0.447. The molecule has 24 heavy (non-hydrogen) atoms. The van der Waals surface area contributed by atoms with E-state index in [2.05, 4.69) is 15.5 Å². The van der Waals surface area contributed by atoms with Crippen LogP contribution in [0.1, 0.15) is 17.3 Å². The monoisotopic (exact) mass is 344 g/mol. The number of carbonyl (C=O) groups excluding carboxylic acids is 1. The van der Waals surface area contributed by atoms with Crippen LogP contribution in [0, 0.1) is 5.82 Å². The Balaban J connectivity index is 1.79. The minimum Gasteiger partial charge on any atom is -0.508 e. The summed E-state index contributed by atoms with van der Waals surface area (Å²) in [6.45, 7) is 1.74. The lowest BCUT2D eigenvalue weighted by Gasteiger charge is -2.10. The standard InChI is InChI=1S/C16H13FN4O2S/c1-10(15(23)11-2-4-12(17)5-3-11)24-16-18-19-20-21(16)13-6-8-14(22)9-7-13/h2-10,22H,1H3/t10-/m0/s1. The highest BCUT2D eigenvalue weighted by atomic mass is 32.2. The molecule has 2 aromatic carbocycles. The molecular weight excluding hydrogens is 331 g/mol. The Morgan fingerprint density at radius 3 is 2.50 bits per heavy atom. The van der Waals surface area contributed by atoms with Crippen molar-refractivity contribution in [2.45, 2.75) is 17.3 Å². The molecule has 0 amide bonds. The second-order valence-corrected chi connectivity index (χ2v) is 6.33. The van der Waals surface area contributed by atoms with Gasteiger partial charge in [-0.15, -0.1) is 5.10 Å². The highest BCUT2D eigenvalue weighted by Gasteiger charge is 2.20. The molecule has 0 radical (unpaired) electrons. The number of thioether (sulfide) groups is 1. The number of aromatic hydroxyl groups is 1. The van der Waals surface area contributed by atoms with Crippen LogP contribution in [-0.2, 0) is 0 Å². The Morgan fingerprint density at radius 1 is 1.17 bits per heavy atom. The fourth-order valence-electron chi connectivity index (χ4n) is 2.07. The van der Waals surface area contributed by atoms with Gasteiger partial charge in [0.25, 0.3) is 0 Å². The van der Waals surface area contributed by atoms with Crippen LogP contribution >= 0.6 is 11.8 Å². The summed E-state index contributed by atoms with van der Waals surface area (Å²) in [5, 5.41) is 20.8. The predicted molar refractivity (Wildman–Crippen MR) is 86.9 cm³/mol. The smallest absolute Gasteiger partial charge is 0.214 e. The molecule has 1 N–H and O–H groups in total. The van der Waals surface area contributed by atoms with Crippen LogP contribution < -0.4 is 0 Å². The Hall–Kier alpha value is -2.74. The first-order valence-corrected chi connectivity index (χ1v) is 7.97. The fourth-order valence-corrected chi connectivity index (χ4v) is 2.95. The van der Waals surface area contributed by atoms with Crippen LogP contribution in [0.4, 0.5) is 4.39 Å². The number of tetrazole rings is 1. The van der Waals surface area contributed by atoms with Crippen molar-refractivity contribution in [1.82, 2.24) is 20.2 Å². The quantitative estimate of drug-likeness (QED) is 0.566. The summed E-state index contributed by atoms with van der Waals surface area (Å²) in [5.74, 6) is -0.385. The van der Waals surface area contributed by atoms with Crippen molar-refractivity contribution in [3.8, 4) is 11.4 Å². The third-order valence-corrected chi connectivity index (χ3v) is 4.35. The van der Waals surface area contributed by atoms with Gasteiger partial charge in [-0.3, -0.25) is 4.79 Å². The zero-order valence-corrected chi connectivity index (χ0v) is 13.4. The van der Waals surface area contributed by atoms with E-state index in [-0.39, 0.29) is 17.3 Å². The number of phenolic OH excluding ortho intramolecular Hbond substituents is 1. The van der Waals surface area contributed by atoms with E-state index in [1.165, 1.54) is 52.8 Å². The molecule has 0 aliphatic heterocycles. The van der Waals surface area contributed by atoms with Crippen molar-refractivity contribution in [3.05, 3.63) is 59.9 Å². The number of nitrogens with zero attached hydrogens (tertiary/aromatic N) is 4.